The average Bonchev–Trinajstić information content (AvgIpc) is 2.98. The van der Waals surface area contributed by atoms with Crippen molar-refractivity contribution in [2.45, 2.75) is 0 Å². The third kappa shape index (κ3) is 4.74. The number of carbonyl (C=O) groups excluding carboxylic acids is 1. The van der Waals surface area contributed by atoms with Crippen LogP contribution in [0.25, 0.3) is 12.2 Å². The zero-order chi connectivity index (χ0) is 15.1. The molecule has 1 aromatic heterocycles. The third-order valence-corrected chi connectivity index (χ3v) is 3.36. The zero-order valence-electron chi connectivity index (χ0n) is 11.0. The molecule has 106 valence electrons. The molecule has 4 nitrogen and oxygen atoms in total. The van der Waals surface area contributed by atoms with E-state index in [2.05, 4.69) is 5.32 Å². The summed E-state index contributed by atoms with van der Waals surface area (Å²) in [6, 6.07) is 12.9. The van der Waals surface area contributed by atoms with E-state index in [0.29, 0.717) is 0 Å². The highest BCUT2D eigenvalue weighted by molar-refractivity contribution is 7.10. The molecule has 0 spiro atoms. The second-order valence-corrected chi connectivity index (χ2v) is 5.09. The molecule has 0 bridgehead atoms. The van der Waals surface area contributed by atoms with E-state index in [9.17, 15) is 9.59 Å². The minimum absolute atomic E-state index is 0.153. The van der Waals surface area contributed by atoms with Crippen LogP contribution in [0.5, 0.6) is 0 Å². The molecule has 0 aliphatic rings. The lowest BCUT2D eigenvalue weighted by Gasteiger charge is -2.02. The summed E-state index contributed by atoms with van der Waals surface area (Å²) in [7, 11) is 0. The van der Waals surface area contributed by atoms with Crippen LogP contribution in [-0.2, 0) is 9.59 Å². The molecule has 0 aliphatic heterocycles. The summed E-state index contributed by atoms with van der Waals surface area (Å²) in [5.41, 5.74) is 0.715. The fraction of sp³-hybridized carbons (Fsp3) is 0. The van der Waals surface area contributed by atoms with E-state index in [-0.39, 0.29) is 5.70 Å². The van der Waals surface area contributed by atoms with Gasteiger partial charge in [-0.3, -0.25) is 4.79 Å². The molecule has 0 fully saturated rings. The van der Waals surface area contributed by atoms with Crippen molar-refractivity contribution in [3.05, 3.63) is 70.1 Å². The zero-order valence-corrected chi connectivity index (χ0v) is 11.8. The molecule has 0 radical (unpaired) electrons. The molecule has 1 heterocycles. The first-order valence-corrected chi connectivity index (χ1v) is 7.06. The number of nitrogens with one attached hydrogen (secondary N) is 1. The molecule has 0 unspecified atom stereocenters. The van der Waals surface area contributed by atoms with Crippen LogP contribution in [0.15, 0.2) is 59.6 Å². The molecule has 5 heteroatoms. The number of carboxylic acids is 1. The first kappa shape index (κ1) is 14.7. The highest BCUT2D eigenvalue weighted by atomic mass is 32.1. The molecule has 0 saturated carbocycles. The Morgan fingerprint density at radius 2 is 1.86 bits per heavy atom. The van der Waals surface area contributed by atoms with Crippen LogP contribution in [0.3, 0.4) is 0 Å². The van der Waals surface area contributed by atoms with Gasteiger partial charge in [-0.05, 0) is 29.2 Å². The van der Waals surface area contributed by atoms with E-state index >= 15 is 0 Å². The number of hydrogen-bond acceptors (Lipinski definition) is 3. The van der Waals surface area contributed by atoms with Gasteiger partial charge < -0.3 is 10.4 Å². The van der Waals surface area contributed by atoms with E-state index in [1.807, 2.05) is 41.8 Å². The van der Waals surface area contributed by atoms with Gasteiger partial charge in [-0.1, -0.05) is 36.4 Å². The minimum Gasteiger partial charge on any atom is -0.477 e. The summed E-state index contributed by atoms with van der Waals surface area (Å²) in [4.78, 5) is 23.7. The monoisotopic (exact) mass is 299 g/mol. The Labute approximate surface area is 126 Å². The van der Waals surface area contributed by atoms with Crippen LogP contribution in [0.4, 0.5) is 0 Å². The van der Waals surface area contributed by atoms with Crippen LogP contribution >= 0.6 is 11.3 Å². The number of hydrogen-bond donors (Lipinski definition) is 2. The maximum Gasteiger partial charge on any atom is 0.352 e. The summed E-state index contributed by atoms with van der Waals surface area (Å²) < 4.78 is 0. The van der Waals surface area contributed by atoms with Gasteiger partial charge in [0.25, 0.3) is 0 Å². The second-order valence-electron chi connectivity index (χ2n) is 4.11. The van der Waals surface area contributed by atoms with E-state index in [1.165, 1.54) is 23.5 Å². The van der Waals surface area contributed by atoms with Gasteiger partial charge in [0, 0.05) is 11.0 Å². The lowest BCUT2D eigenvalue weighted by Crippen LogP contribution is -2.25. The van der Waals surface area contributed by atoms with Crippen molar-refractivity contribution in [3.63, 3.8) is 0 Å². The third-order valence-electron chi connectivity index (χ3n) is 2.54. The molecule has 21 heavy (non-hydrogen) atoms. The molecule has 0 aliphatic carbocycles. The molecule has 1 aromatic carbocycles. The number of carboxylic acid groups (broad SMARTS) is 1. The molecule has 1 amide bonds. The van der Waals surface area contributed by atoms with Crippen molar-refractivity contribution in [2.24, 2.45) is 0 Å². The Kier molecular flexibility index (Phi) is 5.06. The van der Waals surface area contributed by atoms with Crippen LogP contribution in [-0.4, -0.2) is 17.0 Å². The van der Waals surface area contributed by atoms with E-state index in [0.717, 1.165) is 10.4 Å². The van der Waals surface area contributed by atoms with E-state index in [1.54, 1.807) is 12.1 Å². The van der Waals surface area contributed by atoms with Crippen molar-refractivity contribution in [1.82, 2.24) is 5.32 Å². The predicted octanol–water partition coefficient (Wildman–Crippen LogP) is 3.00. The SMILES string of the molecule is O=C(/C=C/c1ccccc1)N/C(=C/c1cccs1)C(=O)O. The largest absolute Gasteiger partial charge is 0.477 e. The lowest BCUT2D eigenvalue weighted by molar-refractivity contribution is -0.134. The maximum atomic E-state index is 11.8. The summed E-state index contributed by atoms with van der Waals surface area (Å²) >= 11 is 1.40. The van der Waals surface area contributed by atoms with Crippen molar-refractivity contribution in [3.8, 4) is 0 Å². The van der Waals surface area contributed by atoms with Crippen molar-refractivity contribution in [1.29, 1.82) is 0 Å². The first-order chi connectivity index (χ1) is 10.1. The summed E-state index contributed by atoms with van der Waals surface area (Å²) in [6.45, 7) is 0. The molecule has 2 rings (SSSR count). The van der Waals surface area contributed by atoms with Crippen molar-refractivity contribution < 1.29 is 14.7 Å². The highest BCUT2D eigenvalue weighted by Crippen LogP contribution is 2.12. The van der Waals surface area contributed by atoms with Crippen molar-refractivity contribution in [2.75, 3.05) is 0 Å². The fourth-order valence-corrected chi connectivity index (χ4v) is 2.23. The highest BCUT2D eigenvalue weighted by Gasteiger charge is 2.10. The number of thiophene rings is 1. The maximum absolute atomic E-state index is 11.8. The standard InChI is InChI=1S/C16H13NO3S/c18-15(9-8-12-5-2-1-3-6-12)17-14(16(19)20)11-13-7-4-10-21-13/h1-11H,(H,17,18)(H,19,20)/b9-8+,14-11+. The van der Waals surface area contributed by atoms with Gasteiger partial charge in [0.2, 0.25) is 5.91 Å². The number of aliphatic carboxylic acids is 1. The molecule has 2 N–H and O–H groups in total. The summed E-state index contributed by atoms with van der Waals surface area (Å²) in [5.74, 6) is -1.66. The fourth-order valence-electron chi connectivity index (χ4n) is 1.58. The Morgan fingerprint density at radius 1 is 1.10 bits per heavy atom. The van der Waals surface area contributed by atoms with Gasteiger partial charge in [0.15, 0.2) is 0 Å². The van der Waals surface area contributed by atoms with Gasteiger partial charge in [0.05, 0.1) is 0 Å². The number of rotatable bonds is 5. The number of amides is 1. The smallest absolute Gasteiger partial charge is 0.352 e. The Bertz CT molecular complexity index is 673. The van der Waals surface area contributed by atoms with Crippen LogP contribution in [0.1, 0.15) is 10.4 Å². The molecular formula is C16H13NO3S. The Morgan fingerprint density at radius 3 is 2.48 bits per heavy atom. The minimum atomic E-state index is -1.18. The van der Waals surface area contributed by atoms with Gasteiger partial charge in [0.1, 0.15) is 5.70 Å². The summed E-state index contributed by atoms with van der Waals surface area (Å²) in [5, 5.41) is 13.3. The van der Waals surface area contributed by atoms with Gasteiger partial charge in [-0.25, -0.2) is 4.79 Å². The van der Waals surface area contributed by atoms with Gasteiger partial charge >= 0.3 is 5.97 Å². The molecule has 0 saturated heterocycles. The average molecular weight is 299 g/mol. The van der Waals surface area contributed by atoms with Gasteiger partial charge in [-0.15, -0.1) is 11.3 Å². The number of benzene rings is 1. The first-order valence-electron chi connectivity index (χ1n) is 6.18. The Hall–Kier alpha value is -2.66. The van der Waals surface area contributed by atoms with Gasteiger partial charge in [-0.2, -0.15) is 0 Å². The molecule has 2 aromatic rings. The number of carbonyl (C=O) groups is 2. The van der Waals surface area contributed by atoms with Crippen LogP contribution in [0, 0.1) is 0 Å². The van der Waals surface area contributed by atoms with E-state index < -0.39 is 11.9 Å². The second kappa shape index (κ2) is 7.21. The van der Waals surface area contributed by atoms with Crippen LogP contribution in [0.2, 0.25) is 0 Å². The van der Waals surface area contributed by atoms with Crippen molar-refractivity contribution >= 4 is 35.4 Å². The normalized spacial score (nSPS) is 11.5. The quantitative estimate of drug-likeness (QED) is 0.834. The summed E-state index contributed by atoms with van der Waals surface area (Å²) in [6.07, 6.45) is 4.36. The topological polar surface area (TPSA) is 66.4 Å². The molecule has 0 atom stereocenters. The Balaban J connectivity index is 2.06. The van der Waals surface area contributed by atoms with E-state index in [4.69, 9.17) is 5.11 Å². The lowest BCUT2D eigenvalue weighted by atomic mass is 10.2. The molecular weight excluding hydrogens is 286 g/mol. The van der Waals surface area contributed by atoms with Crippen LogP contribution < -0.4 is 5.32 Å². The predicted molar refractivity (Wildman–Crippen MR) is 83.6 cm³/mol.